The second-order valence-corrected chi connectivity index (χ2v) is 7.03. The van der Waals surface area contributed by atoms with Crippen molar-refractivity contribution in [2.24, 2.45) is 0 Å². The van der Waals surface area contributed by atoms with Crippen LogP contribution in [0.3, 0.4) is 0 Å². The van der Waals surface area contributed by atoms with Crippen LogP contribution >= 0.6 is 22.6 Å². The van der Waals surface area contributed by atoms with Crippen molar-refractivity contribution in [2.45, 2.75) is 0 Å². The zero-order valence-electron chi connectivity index (χ0n) is 16.3. The molecule has 0 N–H and O–H groups in total. The molecule has 0 saturated heterocycles. The van der Waals surface area contributed by atoms with Gasteiger partial charge < -0.3 is 0 Å². The Bertz CT molecular complexity index is 999. The number of halogens is 1. The Morgan fingerprint density at radius 3 is 1.00 bits per heavy atom. The topological polar surface area (TPSA) is 0 Å². The van der Waals surface area contributed by atoms with Crippen LogP contribution < -0.4 is 0 Å². The van der Waals surface area contributed by atoms with E-state index in [1.807, 2.05) is 109 Å². The van der Waals surface area contributed by atoms with E-state index in [1.165, 1.54) is 3.57 Å². The second-order valence-electron chi connectivity index (χ2n) is 5.79. The first kappa shape index (κ1) is 25.4. The molecular formula is C28H21IPd. The molecule has 4 rings (SSSR count). The van der Waals surface area contributed by atoms with Crippen LogP contribution in [0.25, 0.3) is 0 Å². The SMILES string of the molecule is C#Cc1ccccc1.C(#Cc1ccccc1)c1ccccc1.Ic1ccccc1.[Pd]. The van der Waals surface area contributed by atoms with E-state index in [9.17, 15) is 0 Å². The molecule has 0 nitrogen and oxygen atoms in total. The summed E-state index contributed by atoms with van der Waals surface area (Å²) >= 11 is 2.28. The maximum atomic E-state index is 5.10. The van der Waals surface area contributed by atoms with E-state index in [4.69, 9.17) is 6.42 Å². The van der Waals surface area contributed by atoms with Crippen molar-refractivity contribution in [1.82, 2.24) is 0 Å². The van der Waals surface area contributed by atoms with Gasteiger partial charge in [-0.1, -0.05) is 90.6 Å². The van der Waals surface area contributed by atoms with Gasteiger partial charge in [-0.2, -0.15) is 0 Å². The first-order chi connectivity index (χ1) is 14.3. The molecule has 2 heteroatoms. The summed E-state index contributed by atoms with van der Waals surface area (Å²) in [6, 6.07) is 39.8. The first-order valence-corrected chi connectivity index (χ1v) is 10.2. The molecule has 0 unspecified atom stereocenters. The summed E-state index contributed by atoms with van der Waals surface area (Å²) in [6.07, 6.45) is 5.10. The Labute approximate surface area is 207 Å². The average molecular weight is 591 g/mol. The van der Waals surface area contributed by atoms with Crippen LogP contribution in [0, 0.1) is 27.8 Å². The number of terminal acetylenes is 1. The quantitative estimate of drug-likeness (QED) is 0.117. The molecule has 4 aromatic carbocycles. The van der Waals surface area contributed by atoms with Crippen LogP contribution in [0.5, 0.6) is 0 Å². The monoisotopic (exact) mass is 590 g/mol. The van der Waals surface area contributed by atoms with Gasteiger partial charge in [-0.15, -0.1) is 6.42 Å². The number of hydrogen-bond donors (Lipinski definition) is 0. The average Bonchev–Trinajstić information content (AvgIpc) is 2.81. The van der Waals surface area contributed by atoms with Crippen molar-refractivity contribution >= 4 is 22.6 Å². The van der Waals surface area contributed by atoms with Crippen LogP contribution in [-0.2, 0) is 20.4 Å². The molecule has 0 aliphatic rings. The summed E-state index contributed by atoms with van der Waals surface area (Å²) in [5.41, 5.74) is 3.04. The predicted molar refractivity (Wildman–Crippen MR) is 132 cm³/mol. The molecule has 0 bridgehead atoms. The van der Waals surface area contributed by atoms with Crippen LogP contribution in [-0.4, -0.2) is 0 Å². The summed E-state index contributed by atoms with van der Waals surface area (Å²) < 4.78 is 1.29. The number of benzene rings is 4. The summed E-state index contributed by atoms with van der Waals surface area (Å²) in [5, 5.41) is 0. The van der Waals surface area contributed by atoms with Gasteiger partial charge in [0.05, 0.1) is 0 Å². The molecule has 0 saturated carbocycles. The molecule has 0 aliphatic heterocycles. The maximum absolute atomic E-state index is 5.10. The van der Waals surface area contributed by atoms with Gasteiger partial charge in [-0.25, -0.2) is 0 Å². The van der Waals surface area contributed by atoms with E-state index in [2.05, 4.69) is 52.5 Å². The third kappa shape index (κ3) is 11.4. The molecule has 150 valence electrons. The van der Waals surface area contributed by atoms with Gasteiger partial charge in [-0.3, -0.25) is 0 Å². The minimum atomic E-state index is 0. The molecule has 0 amide bonds. The Morgan fingerprint density at radius 2 is 0.767 bits per heavy atom. The predicted octanol–water partition coefficient (Wildman–Crippen LogP) is 7.04. The summed E-state index contributed by atoms with van der Waals surface area (Å²) in [5.74, 6) is 8.75. The fraction of sp³-hybridized carbons (Fsp3) is 0. The van der Waals surface area contributed by atoms with Gasteiger partial charge in [0.1, 0.15) is 0 Å². The standard InChI is InChI=1S/C14H10.C8H6.C6H5I.Pd/c1-3-7-13(8-4-1)11-12-14-9-5-2-6-10-14;1-2-8-6-4-3-5-7-8;7-6-4-2-1-3-5-6;/h1-10H;1,3-7H;1-5H;. The molecular weight excluding hydrogens is 570 g/mol. The Morgan fingerprint density at radius 1 is 0.467 bits per heavy atom. The molecule has 0 fully saturated rings. The van der Waals surface area contributed by atoms with Crippen molar-refractivity contribution in [3.63, 3.8) is 0 Å². The molecule has 0 atom stereocenters. The molecule has 0 radical (unpaired) electrons. The van der Waals surface area contributed by atoms with Crippen LogP contribution in [0.15, 0.2) is 121 Å². The zero-order chi connectivity index (χ0) is 20.6. The van der Waals surface area contributed by atoms with Crippen molar-refractivity contribution in [1.29, 1.82) is 0 Å². The molecule has 4 aromatic rings. The van der Waals surface area contributed by atoms with Gasteiger partial charge in [0, 0.05) is 40.7 Å². The van der Waals surface area contributed by atoms with Gasteiger partial charge in [0.2, 0.25) is 0 Å². The van der Waals surface area contributed by atoms with E-state index in [0.717, 1.165) is 16.7 Å². The van der Waals surface area contributed by atoms with Crippen molar-refractivity contribution in [3.8, 4) is 24.2 Å². The van der Waals surface area contributed by atoms with Gasteiger partial charge in [0.25, 0.3) is 0 Å². The second kappa shape index (κ2) is 16.2. The van der Waals surface area contributed by atoms with E-state index < -0.39 is 0 Å². The Balaban J connectivity index is 0.000000241. The molecule has 0 aliphatic carbocycles. The van der Waals surface area contributed by atoms with Crippen molar-refractivity contribution in [2.75, 3.05) is 0 Å². The number of hydrogen-bond acceptors (Lipinski definition) is 0. The third-order valence-electron chi connectivity index (χ3n) is 3.57. The van der Waals surface area contributed by atoms with Gasteiger partial charge in [-0.05, 0) is 71.1 Å². The summed E-state index contributed by atoms with van der Waals surface area (Å²) in [6.45, 7) is 0. The van der Waals surface area contributed by atoms with Gasteiger partial charge in [0.15, 0.2) is 0 Å². The van der Waals surface area contributed by atoms with Crippen LogP contribution in [0.1, 0.15) is 16.7 Å². The molecule has 30 heavy (non-hydrogen) atoms. The largest absolute Gasteiger partial charge is 0.115 e. The van der Waals surface area contributed by atoms with E-state index in [1.54, 1.807) is 0 Å². The fourth-order valence-electron chi connectivity index (χ4n) is 2.14. The van der Waals surface area contributed by atoms with Crippen LogP contribution in [0.4, 0.5) is 0 Å². The number of rotatable bonds is 0. The molecule has 0 aromatic heterocycles. The zero-order valence-corrected chi connectivity index (χ0v) is 20.0. The maximum Gasteiger partial charge on any atom is 0.0249 e. The first-order valence-electron chi connectivity index (χ1n) is 9.12. The van der Waals surface area contributed by atoms with E-state index in [-0.39, 0.29) is 20.4 Å². The summed E-state index contributed by atoms with van der Waals surface area (Å²) in [4.78, 5) is 0. The van der Waals surface area contributed by atoms with Crippen molar-refractivity contribution in [3.05, 3.63) is 142 Å². The van der Waals surface area contributed by atoms with Crippen molar-refractivity contribution < 1.29 is 20.4 Å². The van der Waals surface area contributed by atoms with E-state index >= 15 is 0 Å². The Hall–Kier alpha value is -2.61. The Kier molecular flexibility index (Phi) is 13.7. The fourth-order valence-corrected chi connectivity index (χ4v) is 2.55. The minimum Gasteiger partial charge on any atom is -0.115 e. The summed E-state index contributed by atoms with van der Waals surface area (Å²) in [7, 11) is 0. The minimum absolute atomic E-state index is 0. The normalized spacial score (nSPS) is 8.27. The van der Waals surface area contributed by atoms with Gasteiger partial charge >= 0.3 is 0 Å². The molecule has 0 spiro atoms. The van der Waals surface area contributed by atoms with Crippen LogP contribution in [0.2, 0.25) is 0 Å². The van der Waals surface area contributed by atoms with E-state index in [0.29, 0.717) is 0 Å². The molecule has 0 heterocycles. The third-order valence-corrected chi connectivity index (χ3v) is 4.29. The smallest absolute Gasteiger partial charge is 0.0249 e.